The first kappa shape index (κ1) is 18.5. The molecule has 28 heavy (non-hydrogen) atoms. The number of hydrogen-bond donors (Lipinski definition) is 2. The van der Waals surface area contributed by atoms with Crippen LogP contribution in [-0.2, 0) is 16.1 Å². The van der Waals surface area contributed by atoms with Gasteiger partial charge >= 0.3 is 5.97 Å². The zero-order chi connectivity index (χ0) is 19.5. The summed E-state index contributed by atoms with van der Waals surface area (Å²) in [5.74, 6) is 0.179. The summed E-state index contributed by atoms with van der Waals surface area (Å²) in [6.45, 7) is 0.942. The van der Waals surface area contributed by atoms with E-state index in [0.29, 0.717) is 11.7 Å². The molecule has 1 amide bonds. The number of tetrazole rings is 1. The number of hydrogen-bond acceptors (Lipinski definition) is 6. The summed E-state index contributed by atoms with van der Waals surface area (Å²) in [6, 6.07) is 9.79. The zero-order valence-corrected chi connectivity index (χ0v) is 15.6. The minimum atomic E-state index is -0.792. The highest BCUT2D eigenvalue weighted by molar-refractivity contribution is 5.76. The van der Waals surface area contributed by atoms with Crippen molar-refractivity contribution in [3.05, 3.63) is 30.3 Å². The van der Waals surface area contributed by atoms with Crippen molar-refractivity contribution in [2.45, 2.75) is 44.3 Å². The number of nitrogens with one attached hydrogen (secondary N) is 1. The maximum atomic E-state index is 12.3. The molecule has 0 saturated heterocycles. The average molecular weight is 384 g/mol. The second-order valence-electron chi connectivity index (χ2n) is 7.67. The Hall–Kier alpha value is -2.81. The Balaban J connectivity index is 1.24. The van der Waals surface area contributed by atoms with E-state index in [9.17, 15) is 9.59 Å². The first-order valence-electron chi connectivity index (χ1n) is 9.65. The lowest BCUT2D eigenvalue weighted by atomic mass is 9.85. The quantitative estimate of drug-likeness (QED) is 0.657. The van der Waals surface area contributed by atoms with Gasteiger partial charge in [-0.25, -0.2) is 0 Å². The van der Waals surface area contributed by atoms with Crippen LogP contribution >= 0.6 is 0 Å². The summed E-state index contributed by atoms with van der Waals surface area (Å²) in [6.07, 6.45) is 3.95. The van der Waals surface area contributed by atoms with Gasteiger partial charge in [0.15, 0.2) is 0 Å². The molecule has 1 aromatic carbocycles. The number of carbonyl (C=O) groups excluding carboxylic acids is 1. The number of rotatable bonds is 9. The monoisotopic (exact) mass is 384 g/mol. The minimum Gasteiger partial charge on any atom is -0.480 e. The molecule has 1 heterocycles. The Morgan fingerprint density at radius 2 is 1.96 bits per heavy atom. The molecule has 0 radical (unpaired) electrons. The smallest absolute Gasteiger partial charge is 0.317 e. The van der Waals surface area contributed by atoms with Gasteiger partial charge in [0.25, 0.3) is 0 Å². The van der Waals surface area contributed by atoms with E-state index in [1.807, 2.05) is 35.2 Å². The van der Waals surface area contributed by atoms with Crippen molar-refractivity contribution in [2.24, 2.45) is 5.92 Å². The highest BCUT2D eigenvalue weighted by atomic mass is 16.4. The second-order valence-corrected chi connectivity index (χ2v) is 7.67. The van der Waals surface area contributed by atoms with Crippen LogP contribution in [0.1, 0.15) is 25.7 Å². The van der Waals surface area contributed by atoms with E-state index in [1.54, 1.807) is 0 Å². The summed E-state index contributed by atoms with van der Waals surface area (Å²) < 4.78 is 0. The Kier molecular flexibility index (Phi) is 5.34. The molecule has 2 aliphatic carbocycles. The molecule has 2 aromatic rings. The Morgan fingerprint density at radius 1 is 1.21 bits per heavy atom. The van der Waals surface area contributed by atoms with E-state index < -0.39 is 5.97 Å². The van der Waals surface area contributed by atoms with Crippen molar-refractivity contribution < 1.29 is 14.7 Å². The van der Waals surface area contributed by atoms with Crippen molar-refractivity contribution in [2.75, 3.05) is 13.1 Å². The molecule has 1 aromatic heterocycles. The molecule has 0 aliphatic heterocycles. The average Bonchev–Trinajstić information content (AvgIpc) is 3.33. The maximum Gasteiger partial charge on any atom is 0.317 e. The summed E-state index contributed by atoms with van der Waals surface area (Å²) in [5, 5.41) is 24.3. The van der Waals surface area contributed by atoms with E-state index in [-0.39, 0.29) is 31.1 Å². The molecule has 2 fully saturated rings. The molecule has 0 spiro atoms. The van der Waals surface area contributed by atoms with Crippen LogP contribution < -0.4 is 5.32 Å². The van der Waals surface area contributed by atoms with Gasteiger partial charge in [-0.3, -0.25) is 14.5 Å². The fraction of sp³-hybridized carbons (Fsp3) is 0.526. The Labute approximate surface area is 162 Å². The lowest BCUT2D eigenvalue weighted by Crippen LogP contribution is -2.55. The van der Waals surface area contributed by atoms with Crippen LogP contribution in [0.2, 0.25) is 0 Å². The number of carboxylic acids is 1. The molecule has 2 aliphatic rings. The Morgan fingerprint density at radius 3 is 2.64 bits per heavy atom. The zero-order valence-electron chi connectivity index (χ0n) is 15.6. The van der Waals surface area contributed by atoms with E-state index in [4.69, 9.17) is 5.11 Å². The lowest BCUT2D eigenvalue weighted by Gasteiger charge is -2.42. The van der Waals surface area contributed by atoms with Crippen molar-refractivity contribution in [1.29, 1.82) is 0 Å². The third-order valence-corrected chi connectivity index (χ3v) is 5.29. The van der Waals surface area contributed by atoms with Gasteiger partial charge in [-0.2, -0.15) is 4.80 Å². The van der Waals surface area contributed by atoms with Crippen LogP contribution in [0.5, 0.6) is 0 Å². The molecular formula is C19H24N6O3. The predicted molar refractivity (Wildman–Crippen MR) is 100 cm³/mol. The van der Waals surface area contributed by atoms with E-state index in [0.717, 1.165) is 24.9 Å². The fourth-order valence-electron chi connectivity index (χ4n) is 3.57. The first-order valence-corrected chi connectivity index (χ1v) is 9.65. The number of carbonyl (C=O) groups is 2. The van der Waals surface area contributed by atoms with Crippen molar-refractivity contribution in [3.8, 4) is 11.4 Å². The van der Waals surface area contributed by atoms with Crippen LogP contribution in [0.4, 0.5) is 0 Å². The molecule has 2 N–H and O–H groups in total. The molecular weight excluding hydrogens is 360 g/mol. The molecule has 9 nitrogen and oxygen atoms in total. The van der Waals surface area contributed by atoms with Crippen LogP contribution in [0.15, 0.2) is 30.3 Å². The van der Waals surface area contributed by atoms with Crippen LogP contribution in [0, 0.1) is 5.92 Å². The largest absolute Gasteiger partial charge is 0.480 e. The van der Waals surface area contributed by atoms with Crippen LogP contribution in [0.25, 0.3) is 11.4 Å². The highest BCUT2D eigenvalue weighted by Crippen LogP contribution is 2.33. The molecule has 0 unspecified atom stereocenters. The summed E-state index contributed by atoms with van der Waals surface area (Å²) in [5.41, 5.74) is 0.852. The van der Waals surface area contributed by atoms with E-state index in [1.165, 1.54) is 17.6 Å². The normalized spacial score (nSPS) is 21.3. The van der Waals surface area contributed by atoms with Crippen molar-refractivity contribution >= 4 is 11.9 Å². The number of nitrogens with zero attached hydrogens (tertiary/aromatic N) is 5. The summed E-state index contributed by atoms with van der Waals surface area (Å²) >= 11 is 0. The van der Waals surface area contributed by atoms with Crippen LogP contribution in [-0.4, -0.2) is 67.3 Å². The standard InChI is InChI=1S/C19H24N6O3/c26-17(11-25-22-19(21-23-25)14-4-2-1-3-5-14)20-15-8-16(9-15)24(12-18(27)28)10-13-6-7-13/h1-5,13,15-16H,6-12H2,(H,20,26)(H,27,28). The SMILES string of the molecule is O=C(O)CN(CC1CC1)C1CC(NC(=O)Cn2nnc(-c3ccccc3)n2)C1. The second kappa shape index (κ2) is 8.05. The van der Waals surface area contributed by atoms with Gasteiger partial charge in [-0.05, 0) is 36.8 Å². The predicted octanol–water partition coefficient (Wildman–Crippen LogP) is 0.784. The molecule has 9 heteroatoms. The third kappa shape index (κ3) is 4.72. The summed E-state index contributed by atoms with van der Waals surface area (Å²) in [4.78, 5) is 26.7. The van der Waals surface area contributed by atoms with E-state index in [2.05, 4.69) is 20.7 Å². The number of carboxylic acid groups (broad SMARTS) is 1. The van der Waals surface area contributed by atoms with Gasteiger partial charge in [0.2, 0.25) is 11.7 Å². The lowest BCUT2D eigenvalue weighted by molar-refractivity contribution is -0.140. The van der Waals surface area contributed by atoms with Gasteiger partial charge in [-0.15, -0.1) is 10.2 Å². The van der Waals surface area contributed by atoms with E-state index >= 15 is 0 Å². The minimum absolute atomic E-state index is 0.0158. The maximum absolute atomic E-state index is 12.3. The van der Waals surface area contributed by atoms with Gasteiger partial charge in [0.1, 0.15) is 6.54 Å². The van der Waals surface area contributed by atoms with Crippen molar-refractivity contribution in [1.82, 2.24) is 30.4 Å². The first-order chi connectivity index (χ1) is 13.6. The number of aromatic nitrogens is 4. The molecule has 4 rings (SSSR count). The Bertz CT molecular complexity index is 829. The number of aliphatic carboxylic acids is 1. The molecule has 148 valence electrons. The molecule has 0 atom stereocenters. The topological polar surface area (TPSA) is 113 Å². The van der Waals surface area contributed by atoms with Gasteiger partial charge in [0.05, 0.1) is 6.54 Å². The number of benzene rings is 1. The highest BCUT2D eigenvalue weighted by Gasteiger charge is 2.37. The van der Waals surface area contributed by atoms with Crippen LogP contribution in [0.3, 0.4) is 0 Å². The number of amides is 1. The van der Waals surface area contributed by atoms with Gasteiger partial charge < -0.3 is 10.4 Å². The molecule has 0 bridgehead atoms. The van der Waals surface area contributed by atoms with Gasteiger partial charge in [-0.1, -0.05) is 30.3 Å². The molecule has 2 saturated carbocycles. The third-order valence-electron chi connectivity index (χ3n) is 5.29. The van der Waals surface area contributed by atoms with Crippen molar-refractivity contribution in [3.63, 3.8) is 0 Å². The van der Waals surface area contributed by atoms with Gasteiger partial charge in [0, 0.05) is 24.2 Å². The fourth-order valence-corrected chi connectivity index (χ4v) is 3.57. The summed E-state index contributed by atoms with van der Waals surface area (Å²) in [7, 11) is 0.